The highest BCUT2D eigenvalue weighted by Gasteiger charge is 2.34. The van der Waals surface area contributed by atoms with Gasteiger partial charge < -0.3 is 14.6 Å². The number of aromatic nitrogens is 1. The fraction of sp³-hybridized carbons (Fsp3) is 0.100. The molecule has 0 spiro atoms. The van der Waals surface area contributed by atoms with Crippen molar-refractivity contribution in [3.8, 4) is 11.4 Å². The lowest BCUT2D eigenvalue weighted by Gasteiger charge is -2.13. The first-order valence-corrected chi connectivity index (χ1v) is 12.2. The number of nitrogens with zero attached hydrogens (tertiary/aromatic N) is 2. The third-order valence-corrected chi connectivity index (χ3v) is 6.25. The van der Waals surface area contributed by atoms with Crippen molar-refractivity contribution in [2.45, 2.75) is 13.8 Å². The topological polar surface area (TPSA) is 92.7 Å². The molecule has 5 rings (SSSR count). The number of benzene rings is 3. The number of hydrogen-bond donors (Lipinski definition) is 2. The van der Waals surface area contributed by atoms with E-state index in [1.807, 2.05) is 42.7 Å². The van der Waals surface area contributed by atoms with Gasteiger partial charge >= 0.3 is 0 Å². The number of amides is 3. The van der Waals surface area contributed by atoms with E-state index >= 15 is 0 Å². The van der Waals surface area contributed by atoms with Gasteiger partial charge in [0, 0.05) is 22.8 Å². The molecule has 3 aromatic carbocycles. The van der Waals surface area contributed by atoms with Crippen LogP contribution < -0.4 is 20.5 Å². The van der Waals surface area contributed by atoms with Crippen LogP contribution in [0, 0.1) is 19.7 Å². The molecule has 0 aliphatic carbocycles. The van der Waals surface area contributed by atoms with Crippen LogP contribution in [-0.4, -0.2) is 28.9 Å². The van der Waals surface area contributed by atoms with Crippen LogP contribution in [0.15, 0.2) is 90.5 Å². The largest absolute Gasteiger partial charge is 0.484 e. The number of carbonyl (C=O) groups excluding carboxylic acids is 3. The average Bonchev–Trinajstić information content (AvgIpc) is 3.37. The lowest BCUT2D eigenvalue weighted by Crippen LogP contribution is -2.35. The average molecular weight is 525 g/mol. The molecule has 0 saturated carbocycles. The summed E-state index contributed by atoms with van der Waals surface area (Å²) in [6, 6.07) is 23.6. The van der Waals surface area contributed by atoms with E-state index < -0.39 is 23.5 Å². The van der Waals surface area contributed by atoms with Crippen molar-refractivity contribution >= 4 is 35.2 Å². The molecular formula is C30H25FN4O4. The SMILES string of the molecule is Cc1cc(/C=C2/C(=O)NN(c3ccccc3)C2=O)c(C)n1-c1ccc(OCC(=O)Nc2cccc(F)c2)cc1. The van der Waals surface area contributed by atoms with Crippen molar-refractivity contribution in [1.29, 1.82) is 0 Å². The fourth-order valence-corrected chi connectivity index (χ4v) is 4.41. The maximum Gasteiger partial charge on any atom is 0.282 e. The second-order valence-corrected chi connectivity index (χ2v) is 8.98. The van der Waals surface area contributed by atoms with Crippen molar-refractivity contribution in [2.24, 2.45) is 0 Å². The Bertz CT molecular complexity index is 1590. The quantitative estimate of drug-likeness (QED) is 0.271. The van der Waals surface area contributed by atoms with Crippen molar-refractivity contribution in [2.75, 3.05) is 16.9 Å². The molecule has 8 nitrogen and oxygen atoms in total. The van der Waals surface area contributed by atoms with Gasteiger partial charge in [-0.3, -0.25) is 19.8 Å². The summed E-state index contributed by atoms with van der Waals surface area (Å²) in [7, 11) is 0. The molecular weight excluding hydrogens is 499 g/mol. The first kappa shape index (κ1) is 25.5. The van der Waals surface area contributed by atoms with Crippen LogP contribution in [0.4, 0.5) is 15.8 Å². The molecule has 1 fully saturated rings. The molecule has 9 heteroatoms. The van der Waals surface area contributed by atoms with E-state index in [4.69, 9.17) is 4.74 Å². The normalized spacial score (nSPS) is 14.0. The summed E-state index contributed by atoms with van der Waals surface area (Å²) in [5.41, 5.74) is 6.96. The molecule has 4 aromatic rings. The third kappa shape index (κ3) is 5.42. The highest BCUT2D eigenvalue weighted by molar-refractivity contribution is 6.31. The molecule has 3 amide bonds. The summed E-state index contributed by atoms with van der Waals surface area (Å²) in [6.45, 7) is 3.61. The molecule has 1 saturated heterocycles. The summed E-state index contributed by atoms with van der Waals surface area (Å²) in [6.07, 6.45) is 1.61. The summed E-state index contributed by atoms with van der Waals surface area (Å²) >= 11 is 0. The molecule has 196 valence electrons. The lowest BCUT2D eigenvalue weighted by molar-refractivity contribution is -0.118. The molecule has 2 N–H and O–H groups in total. The predicted molar refractivity (Wildman–Crippen MR) is 146 cm³/mol. The Morgan fingerprint density at radius 2 is 1.69 bits per heavy atom. The van der Waals surface area contributed by atoms with E-state index in [-0.39, 0.29) is 12.2 Å². The molecule has 0 radical (unpaired) electrons. The zero-order chi connectivity index (χ0) is 27.5. The van der Waals surface area contributed by atoms with E-state index in [1.54, 1.807) is 48.5 Å². The Morgan fingerprint density at radius 3 is 2.41 bits per heavy atom. The number of hydrazine groups is 1. The van der Waals surface area contributed by atoms with Crippen molar-refractivity contribution in [3.05, 3.63) is 113 Å². The highest BCUT2D eigenvalue weighted by atomic mass is 19.1. The van der Waals surface area contributed by atoms with Gasteiger partial charge in [-0.1, -0.05) is 24.3 Å². The second kappa shape index (κ2) is 10.7. The highest BCUT2D eigenvalue weighted by Crippen LogP contribution is 2.27. The van der Waals surface area contributed by atoms with Crippen LogP contribution in [0.2, 0.25) is 0 Å². The Hall–Kier alpha value is -5.18. The maximum atomic E-state index is 13.3. The van der Waals surface area contributed by atoms with Gasteiger partial charge in [-0.05, 0) is 86.2 Å². The van der Waals surface area contributed by atoms with Gasteiger partial charge in [0.05, 0.1) is 5.69 Å². The minimum Gasteiger partial charge on any atom is -0.484 e. The van der Waals surface area contributed by atoms with Crippen LogP contribution in [0.25, 0.3) is 11.8 Å². The van der Waals surface area contributed by atoms with Gasteiger partial charge in [0.1, 0.15) is 17.1 Å². The van der Waals surface area contributed by atoms with Crippen molar-refractivity contribution in [3.63, 3.8) is 0 Å². The molecule has 1 aliphatic rings. The van der Waals surface area contributed by atoms with E-state index in [0.717, 1.165) is 22.6 Å². The molecule has 2 heterocycles. The van der Waals surface area contributed by atoms with E-state index in [1.165, 1.54) is 23.2 Å². The van der Waals surface area contributed by atoms with Gasteiger partial charge in [-0.25, -0.2) is 9.40 Å². The van der Waals surface area contributed by atoms with Gasteiger partial charge in [0.25, 0.3) is 17.7 Å². The van der Waals surface area contributed by atoms with Crippen molar-refractivity contribution < 1.29 is 23.5 Å². The van der Waals surface area contributed by atoms with Crippen LogP contribution >= 0.6 is 0 Å². The Balaban J connectivity index is 1.29. The van der Waals surface area contributed by atoms with Crippen LogP contribution in [0.5, 0.6) is 5.75 Å². The van der Waals surface area contributed by atoms with Crippen molar-refractivity contribution in [1.82, 2.24) is 9.99 Å². The van der Waals surface area contributed by atoms with Gasteiger partial charge in [-0.15, -0.1) is 0 Å². The fourth-order valence-electron chi connectivity index (χ4n) is 4.41. The van der Waals surface area contributed by atoms with Crippen LogP contribution in [0.1, 0.15) is 17.0 Å². The number of halogens is 1. The minimum absolute atomic E-state index is 0.0550. The lowest BCUT2D eigenvalue weighted by atomic mass is 10.1. The van der Waals surface area contributed by atoms with Crippen LogP contribution in [0.3, 0.4) is 0 Å². The number of para-hydroxylation sites is 1. The smallest absolute Gasteiger partial charge is 0.282 e. The monoisotopic (exact) mass is 524 g/mol. The predicted octanol–water partition coefficient (Wildman–Crippen LogP) is 4.71. The minimum atomic E-state index is -0.461. The van der Waals surface area contributed by atoms with E-state index in [9.17, 15) is 18.8 Å². The molecule has 1 aliphatic heterocycles. The first-order valence-electron chi connectivity index (χ1n) is 12.2. The van der Waals surface area contributed by atoms with Gasteiger partial charge in [-0.2, -0.15) is 0 Å². The summed E-state index contributed by atoms with van der Waals surface area (Å²) in [5, 5.41) is 3.83. The van der Waals surface area contributed by atoms with Crippen LogP contribution in [-0.2, 0) is 14.4 Å². The second-order valence-electron chi connectivity index (χ2n) is 8.98. The number of hydrogen-bond acceptors (Lipinski definition) is 4. The molecule has 1 aromatic heterocycles. The Labute approximate surface area is 224 Å². The number of anilines is 2. The Morgan fingerprint density at radius 1 is 0.949 bits per heavy atom. The molecule has 0 atom stereocenters. The number of nitrogens with one attached hydrogen (secondary N) is 2. The molecule has 0 unspecified atom stereocenters. The molecule has 39 heavy (non-hydrogen) atoms. The van der Waals surface area contributed by atoms with Gasteiger partial charge in [0.15, 0.2) is 6.61 Å². The Kier molecular flexibility index (Phi) is 6.96. The summed E-state index contributed by atoms with van der Waals surface area (Å²) in [4.78, 5) is 37.7. The van der Waals surface area contributed by atoms with E-state index in [2.05, 4.69) is 10.7 Å². The summed E-state index contributed by atoms with van der Waals surface area (Å²) < 4.78 is 20.9. The number of rotatable bonds is 7. The standard InChI is InChI=1S/C30H25FN4O4/c1-19-15-21(16-27-29(37)33-35(30(27)38)25-9-4-3-5-10-25)20(2)34(19)24-11-13-26(14-12-24)39-18-28(36)32-23-8-6-7-22(31)17-23/h3-17H,18H2,1-2H3,(H,32,36)(H,33,37)/b27-16-. The zero-order valence-corrected chi connectivity index (χ0v) is 21.3. The molecule has 0 bridgehead atoms. The summed E-state index contributed by atoms with van der Waals surface area (Å²) in [5.74, 6) is -1.23. The number of aryl methyl sites for hydroxylation is 1. The number of carbonyl (C=O) groups is 3. The first-order chi connectivity index (χ1) is 18.8. The zero-order valence-electron chi connectivity index (χ0n) is 21.3. The van der Waals surface area contributed by atoms with E-state index in [0.29, 0.717) is 17.1 Å². The number of ether oxygens (including phenoxy) is 1. The van der Waals surface area contributed by atoms with Gasteiger partial charge in [0.2, 0.25) is 0 Å². The third-order valence-electron chi connectivity index (χ3n) is 6.25. The maximum absolute atomic E-state index is 13.3.